The molecule has 1 saturated heterocycles. The summed E-state index contributed by atoms with van der Waals surface area (Å²) in [6, 6.07) is 4.10. The number of likely N-dealkylation sites (N-methyl/N-ethyl adjacent to an activating group) is 1. The fraction of sp³-hybridized carbons (Fsp3) is 0.571. The fourth-order valence-electron chi connectivity index (χ4n) is 4.49. The Morgan fingerprint density at radius 3 is 2.79 bits per heavy atom. The van der Waals surface area contributed by atoms with Gasteiger partial charge in [0, 0.05) is 31.4 Å². The van der Waals surface area contributed by atoms with Gasteiger partial charge in [0.1, 0.15) is 0 Å². The van der Waals surface area contributed by atoms with Crippen LogP contribution in [0, 0.1) is 19.4 Å². The molecule has 0 spiro atoms. The van der Waals surface area contributed by atoms with Gasteiger partial charge in [0.15, 0.2) is 0 Å². The molecule has 1 atom stereocenters. The van der Waals surface area contributed by atoms with Crippen LogP contribution < -0.4 is 16.1 Å². The second-order valence-corrected chi connectivity index (χ2v) is 8.21. The van der Waals surface area contributed by atoms with Crippen molar-refractivity contribution in [1.29, 1.82) is 0 Å². The lowest BCUT2D eigenvalue weighted by Gasteiger charge is -2.24. The van der Waals surface area contributed by atoms with Gasteiger partial charge in [0.05, 0.1) is 17.4 Å². The fourth-order valence-corrected chi connectivity index (χ4v) is 4.49. The van der Waals surface area contributed by atoms with Gasteiger partial charge in [-0.25, -0.2) is 11.4 Å². The van der Waals surface area contributed by atoms with Gasteiger partial charge in [0.25, 0.3) is 5.56 Å². The summed E-state index contributed by atoms with van der Waals surface area (Å²) in [4.78, 5) is 35.3. The lowest BCUT2D eigenvalue weighted by Crippen LogP contribution is -2.31. The van der Waals surface area contributed by atoms with Crippen molar-refractivity contribution in [2.75, 3.05) is 44.7 Å². The highest BCUT2D eigenvalue weighted by Crippen LogP contribution is 2.38. The first kappa shape index (κ1) is 18.8. The molecule has 1 N–H and O–H groups in total. The van der Waals surface area contributed by atoms with Crippen LogP contribution in [-0.4, -0.2) is 54.2 Å². The molecular weight excluding hydrogens is 354 g/mol. The SMILES string of the molecule is [C-]#[N+]CCN(C)CC1CCN(c2ccc3c(=O)[nH]c(=O)n(C4CC4)c3c2C)C1. The lowest BCUT2D eigenvalue weighted by molar-refractivity contribution is 0.298. The van der Waals surface area contributed by atoms with E-state index in [0.29, 0.717) is 17.8 Å². The molecule has 28 heavy (non-hydrogen) atoms. The maximum absolute atomic E-state index is 12.4. The maximum atomic E-state index is 12.4. The molecule has 2 aliphatic rings. The lowest BCUT2D eigenvalue weighted by atomic mass is 10.1. The number of rotatable bonds is 6. The minimum absolute atomic E-state index is 0.211. The zero-order valence-corrected chi connectivity index (χ0v) is 16.6. The number of hydrogen-bond acceptors (Lipinski definition) is 4. The van der Waals surface area contributed by atoms with Crippen LogP contribution in [0.3, 0.4) is 0 Å². The average Bonchev–Trinajstić information content (AvgIpc) is 3.39. The first-order valence-corrected chi connectivity index (χ1v) is 10.0. The molecule has 7 heteroatoms. The normalized spacial score (nSPS) is 19.5. The number of aryl methyl sites for hydroxylation is 1. The Hall–Kier alpha value is -2.59. The Morgan fingerprint density at radius 1 is 1.29 bits per heavy atom. The van der Waals surface area contributed by atoms with Crippen molar-refractivity contribution in [2.45, 2.75) is 32.2 Å². The Morgan fingerprint density at radius 2 is 2.07 bits per heavy atom. The number of nitrogens with one attached hydrogen (secondary N) is 1. The summed E-state index contributed by atoms with van der Waals surface area (Å²) in [5.41, 5.74) is 2.35. The highest BCUT2D eigenvalue weighted by Gasteiger charge is 2.30. The van der Waals surface area contributed by atoms with Crippen LogP contribution in [0.5, 0.6) is 0 Å². The van der Waals surface area contributed by atoms with E-state index in [4.69, 9.17) is 6.57 Å². The van der Waals surface area contributed by atoms with Crippen molar-refractivity contribution >= 4 is 16.6 Å². The second kappa shape index (κ2) is 7.44. The first-order chi connectivity index (χ1) is 13.5. The summed E-state index contributed by atoms with van der Waals surface area (Å²) in [7, 11) is 2.08. The van der Waals surface area contributed by atoms with Gasteiger partial charge in [-0.05, 0) is 56.8 Å². The summed E-state index contributed by atoms with van der Waals surface area (Å²) in [6.45, 7) is 13.3. The Labute approximate surface area is 164 Å². The van der Waals surface area contributed by atoms with Crippen LogP contribution in [0.25, 0.3) is 15.7 Å². The van der Waals surface area contributed by atoms with Crippen molar-refractivity contribution in [2.24, 2.45) is 5.92 Å². The van der Waals surface area contributed by atoms with E-state index in [1.807, 2.05) is 19.1 Å². The number of benzene rings is 1. The van der Waals surface area contributed by atoms with Crippen molar-refractivity contribution < 1.29 is 0 Å². The van der Waals surface area contributed by atoms with E-state index in [9.17, 15) is 9.59 Å². The number of fused-ring (bicyclic) bond motifs is 1. The molecule has 0 radical (unpaired) electrons. The highest BCUT2D eigenvalue weighted by molar-refractivity contribution is 5.86. The number of nitrogens with zero attached hydrogens (tertiary/aromatic N) is 4. The quantitative estimate of drug-likeness (QED) is 0.778. The number of hydrogen-bond donors (Lipinski definition) is 1. The molecule has 1 aliphatic heterocycles. The summed E-state index contributed by atoms with van der Waals surface area (Å²) >= 11 is 0. The molecule has 1 unspecified atom stereocenters. The summed E-state index contributed by atoms with van der Waals surface area (Å²) in [6.07, 6.45) is 3.10. The molecular formula is C21H27N5O2. The molecule has 0 bridgehead atoms. The van der Waals surface area contributed by atoms with Crippen molar-refractivity contribution in [3.63, 3.8) is 0 Å². The Kier molecular flexibility index (Phi) is 4.98. The van der Waals surface area contributed by atoms with E-state index in [0.717, 1.165) is 62.2 Å². The van der Waals surface area contributed by atoms with Gasteiger partial charge in [-0.1, -0.05) is 0 Å². The van der Waals surface area contributed by atoms with Crippen LogP contribution in [0.15, 0.2) is 21.7 Å². The summed E-state index contributed by atoms with van der Waals surface area (Å²) < 4.78 is 1.79. The zero-order chi connectivity index (χ0) is 19.8. The predicted octanol–water partition coefficient (Wildman–Crippen LogP) is 2.01. The number of anilines is 1. The standard InChI is InChI=1S/C21H27N5O2/c1-14-18(25-10-8-15(13-25)12-24(3)11-9-22-2)7-6-17-19(14)26(16-4-5-16)21(28)23-20(17)27/h6-7,15-16H,4-5,8-13H2,1,3H3,(H,23,27,28). The van der Waals surface area contributed by atoms with Crippen LogP contribution in [-0.2, 0) is 0 Å². The minimum Gasteiger partial charge on any atom is -0.371 e. The van der Waals surface area contributed by atoms with E-state index in [1.54, 1.807) is 4.57 Å². The molecule has 1 aliphatic carbocycles. The maximum Gasteiger partial charge on any atom is 0.329 e. The monoisotopic (exact) mass is 381 g/mol. The number of H-pyrrole nitrogens is 1. The van der Waals surface area contributed by atoms with Gasteiger partial charge >= 0.3 is 5.69 Å². The van der Waals surface area contributed by atoms with Gasteiger partial charge in [-0.2, -0.15) is 0 Å². The topological polar surface area (TPSA) is 65.7 Å². The summed E-state index contributed by atoms with van der Waals surface area (Å²) in [5, 5.41) is 0.599. The van der Waals surface area contributed by atoms with E-state index in [2.05, 4.69) is 26.7 Å². The largest absolute Gasteiger partial charge is 0.371 e. The van der Waals surface area contributed by atoms with E-state index < -0.39 is 0 Å². The van der Waals surface area contributed by atoms with Crippen molar-refractivity contribution in [3.05, 3.63) is 50.0 Å². The van der Waals surface area contributed by atoms with E-state index >= 15 is 0 Å². The molecule has 2 fully saturated rings. The van der Waals surface area contributed by atoms with Gasteiger partial charge in [-0.15, -0.1) is 0 Å². The highest BCUT2D eigenvalue weighted by atomic mass is 16.2. The average molecular weight is 381 g/mol. The minimum atomic E-state index is -0.299. The zero-order valence-electron chi connectivity index (χ0n) is 16.6. The van der Waals surface area contributed by atoms with Gasteiger partial charge < -0.3 is 9.74 Å². The third kappa shape index (κ3) is 3.45. The molecule has 1 aromatic heterocycles. The molecule has 2 heterocycles. The number of aromatic nitrogens is 2. The van der Waals surface area contributed by atoms with Gasteiger partial charge in [-0.3, -0.25) is 19.2 Å². The van der Waals surface area contributed by atoms with Crippen LogP contribution in [0.2, 0.25) is 0 Å². The third-order valence-electron chi connectivity index (χ3n) is 6.03. The predicted molar refractivity (Wildman–Crippen MR) is 111 cm³/mol. The molecule has 1 aromatic carbocycles. The summed E-state index contributed by atoms with van der Waals surface area (Å²) in [5.74, 6) is 0.565. The van der Waals surface area contributed by atoms with Crippen LogP contribution >= 0.6 is 0 Å². The smallest absolute Gasteiger partial charge is 0.329 e. The van der Waals surface area contributed by atoms with E-state index in [1.165, 1.54) is 0 Å². The Balaban J connectivity index is 1.63. The van der Waals surface area contributed by atoms with Crippen molar-refractivity contribution in [1.82, 2.24) is 14.5 Å². The molecule has 1 saturated carbocycles. The molecule has 148 valence electrons. The second-order valence-electron chi connectivity index (χ2n) is 8.21. The Bertz CT molecular complexity index is 1040. The molecule has 7 nitrogen and oxygen atoms in total. The molecule has 0 amide bonds. The van der Waals surface area contributed by atoms with Crippen molar-refractivity contribution in [3.8, 4) is 0 Å². The third-order valence-corrected chi connectivity index (χ3v) is 6.03. The molecule has 4 rings (SSSR count). The van der Waals surface area contributed by atoms with Crippen LogP contribution in [0.4, 0.5) is 5.69 Å². The van der Waals surface area contributed by atoms with Gasteiger partial charge in [0.2, 0.25) is 6.54 Å². The number of aromatic amines is 1. The van der Waals surface area contributed by atoms with Crippen LogP contribution in [0.1, 0.15) is 30.9 Å². The first-order valence-electron chi connectivity index (χ1n) is 10.0. The molecule has 2 aromatic rings. The van der Waals surface area contributed by atoms with E-state index in [-0.39, 0.29) is 17.3 Å².